The van der Waals surface area contributed by atoms with Gasteiger partial charge in [-0.15, -0.1) is 0 Å². The third-order valence-corrected chi connectivity index (χ3v) is 4.53. The van der Waals surface area contributed by atoms with Crippen LogP contribution in [0.3, 0.4) is 0 Å². The number of anilines is 1. The number of hydrogen-bond donors (Lipinski definition) is 1. The van der Waals surface area contributed by atoms with Crippen LogP contribution >= 0.6 is 0 Å². The summed E-state index contributed by atoms with van der Waals surface area (Å²) in [5, 5.41) is 11.9. The lowest BCUT2D eigenvalue weighted by Crippen LogP contribution is -2.34. The van der Waals surface area contributed by atoms with Crippen molar-refractivity contribution >= 4 is 17.9 Å². The maximum absolute atomic E-state index is 12.1. The SMILES string of the molecule is COC(=O)NC[C@H]1CN(c2ccc(C3(C#N)CC3)c(C)c2)C(=O)O1. The fourth-order valence-corrected chi connectivity index (χ4v) is 3.03. The predicted molar refractivity (Wildman–Crippen MR) is 85.7 cm³/mol. The Hall–Kier alpha value is -2.75. The first-order valence-corrected chi connectivity index (χ1v) is 7.81. The van der Waals surface area contributed by atoms with E-state index in [0.29, 0.717) is 6.54 Å². The van der Waals surface area contributed by atoms with Crippen molar-refractivity contribution in [3.8, 4) is 6.07 Å². The highest BCUT2D eigenvalue weighted by atomic mass is 16.6. The minimum atomic E-state index is -0.559. The molecule has 126 valence electrons. The lowest BCUT2D eigenvalue weighted by atomic mass is 9.93. The number of nitrogens with one attached hydrogen (secondary N) is 1. The third-order valence-electron chi connectivity index (χ3n) is 4.53. The lowest BCUT2D eigenvalue weighted by Gasteiger charge is -2.17. The van der Waals surface area contributed by atoms with E-state index in [4.69, 9.17) is 4.74 Å². The van der Waals surface area contributed by atoms with Crippen LogP contribution in [0.5, 0.6) is 0 Å². The zero-order valence-electron chi connectivity index (χ0n) is 13.7. The zero-order valence-corrected chi connectivity index (χ0v) is 13.7. The standard InChI is InChI=1S/C17H19N3O4/c1-11-7-12(3-4-14(11)17(10-18)5-6-17)20-9-13(24-16(20)22)8-19-15(21)23-2/h3-4,7,13H,5-6,8-9H2,1-2H3,(H,19,21)/t13-/m0/s1. The van der Waals surface area contributed by atoms with Gasteiger partial charge in [0.1, 0.15) is 6.10 Å². The molecule has 1 N–H and O–H groups in total. The number of nitriles is 1. The van der Waals surface area contributed by atoms with Crippen molar-refractivity contribution < 1.29 is 19.1 Å². The molecule has 2 aliphatic rings. The first-order valence-electron chi connectivity index (χ1n) is 7.81. The van der Waals surface area contributed by atoms with Crippen LogP contribution in [0, 0.1) is 18.3 Å². The quantitative estimate of drug-likeness (QED) is 0.914. The van der Waals surface area contributed by atoms with Gasteiger partial charge < -0.3 is 14.8 Å². The van der Waals surface area contributed by atoms with Crippen molar-refractivity contribution in [2.24, 2.45) is 0 Å². The molecule has 1 atom stereocenters. The summed E-state index contributed by atoms with van der Waals surface area (Å²) in [6.07, 6.45) is 0.342. The number of ether oxygens (including phenoxy) is 2. The van der Waals surface area contributed by atoms with E-state index in [1.807, 2.05) is 25.1 Å². The number of methoxy groups -OCH3 is 1. The molecule has 0 aromatic heterocycles. The van der Waals surface area contributed by atoms with E-state index in [9.17, 15) is 14.9 Å². The van der Waals surface area contributed by atoms with E-state index < -0.39 is 18.3 Å². The molecule has 1 aromatic carbocycles. The highest BCUT2D eigenvalue weighted by molar-refractivity contribution is 5.90. The van der Waals surface area contributed by atoms with E-state index >= 15 is 0 Å². The van der Waals surface area contributed by atoms with Crippen LogP contribution in [0.4, 0.5) is 15.3 Å². The van der Waals surface area contributed by atoms with Crippen LogP contribution in [0.15, 0.2) is 18.2 Å². The molecule has 1 heterocycles. The number of rotatable bonds is 4. The molecule has 0 radical (unpaired) electrons. The number of alkyl carbamates (subject to hydrolysis) is 1. The van der Waals surface area contributed by atoms with Gasteiger partial charge >= 0.3 is 12.2 Å². The minimum absolute atomic E-state index is 0.198. The van der Waals surface area contributed by atoms with Gasteiger partial charge in [-0.2, -0.15) is 5.26 Å². The number of amides is 2. The van der Waals surface area contributed by atoms with Crippen molar-refractivity contribution in [2.75, 3.05) is 25.1 Å². The molecule has 7 nitrogen and oxygen atoms in total. The second-order valence-electron chi connectivity index (χ2n) is 6.18. The number of benzene rings is 1. The van der Waals surface area contributed by atoms with Crippen LogP contribution < -0.4 is 10.2 Å². The summed E-state index contributed by atoms with van der Waals surface area (Å²) in [5.74, 6) is 0. The van der Waals surface area contributed by atoms with Gasteiger partial charge in [0.15, 0.2) is 0 Å². The summed E-state index contributed by atoms with van der Waals surface area (Å²) < 4.78 is 9.75. The van der Waals surface area contributed by atoms with E-state index in [1.165, 1.54) is 12.0 Å². The summed E-state index contributed by atoms with van der Waals surface area (Å²) in [6.45, 7) is 2.50. The first kappa shape index (κ1) is 16.1. The number of carbonyl (C=O) groups is 2. The number of carbonyl (C=O) groups excluding carboxylic acids is 2. The molecule has 24 heavy (non-hydrogen) atoms. The summed E-state index contributed by atoms with van der Waals surface area (Å²) in [6, 6.07) is 8.07. The molecule has 1 saturated heterocycles. The van der Waals surface area contributed by atoms with Crippen molar-refractivity contribution in [3.63, 3.8) is 0 Å². The molecule has 2 fully saturated rings. The smallest absolute Gasteiger partial charge is 0.414 e. The van der Waals surface area contributed by atoms with E-state index in [-0.39, 0.29) is 12.0 Å². The van der Waals surface area contributed by atoms with Crippen LogP contribution in [0.25, 0.3) is 0 Å². The van der Waals surface area contributed by atoms with Crippen LogP contribution in [-0.2, 0) is 14.9 Å². The number of hydrogen-bond acceptors (Lipinski definition) is 5. The van der Waals surface area contributed by atoms with E-state index in [2.05, 4.69) is 16.1 Å². The third kappa shape index (κ3) is 2.87. The summed E-state index contributed by atoms with van der Waals surface area (Å²) >= 11 is 0. The fraction of sp³-hybridized carbons (Fsp3) is 0.471. The molecule has 1 aromatic rings. The largest absolute Gasteiger partial charge is 0.453 e. The van der Waals surface area contributed by atoms with Gasteiger partial charge in [0.05, 0.1) is 31.7 Å². The van der Waals surface area contributed by atoms with Crippen LogP contribution in [0.2, 0.25) is 0 Å². The Kier molecular flexibility index (Phi) is 4.06. The molecule has 1 aliphatic carbocycles. The van der Waals surface area contributed by atoms with Crippen molar-refractivity contribution in [3.05, 3.63) is 29.3 Å². The van der Waals surface area contributed by atoms with Gasteiger partial charge in [0.25, 0.3) is 0 Å². The van der Waals surface area contributed by atoms with Crippen molar-refractivity contribution in [2.45, 2.75) is 31.3 Å². The molecular weight excluding hydrogens is 310 g/mol. The Balaban J connectivity index is 1.71. The Bertz CT molecular complexity index is 721. The predicted octanol–water partition coefficient (Wildman–Crippen LogP) is 2.23. The average Bonchev–Trinajstić information content (AvgIpc) is 3.29. The molecule has 1 aliphatic heterocycles. The highest BCUT2D eigenvalue weighted by Crippen LogP contribution is 2.49. The van der Waals surface area contributed by atoms with Crippen molar-refractivity contribution in [1.29, 1.82) is 5.26 Å². The van der Waals surface area contributed by atoms with Crippen LogP contribution in [-0.4, -0.2) is 38.5 Å². The fourth-order valence-electron chi connectivity index (χ4n) is 3.03. The first-order chi connectivity index (χ1) is 11.5. The monoisotopic (exact) mass is 329 g/mol. The summed E-state index contributed by atoms with van der Waals surface area (Å²) in [4.78, 5) is 24.7. The molecule has 0 bridgehead atoms. The molecule has 0 unspecified atom stereocenters. The van der Waals surface area contributed by atoms with Crippen molar-refractivity contribution in [1.82, 2.24) is 5.32 Å². The lowest BCUT2D eigenvalue weighted by molar-refractivity contribution is 0.132. The van der Waals surface area contributed by atoms with Gasteiger partial charge in [-0.25, -0.2) is 9.59 Å². The maximum atomic E-state index is 12.1. The molecule has 2 amide bonds. The molecular formula is C17H19N3O4. The van der Waals surface area contributed by atoms with E-state index in [0.717, 1.165) is 29.7 Å². The van der Waals surface area contributed by atoms with Gasteiger partial charge in [-0.3, -0.25) is 4.90 Å². The number of aryl methyl sites for hydroxylation is 1. The summed E-state index contributed by atoms with van der Waals surface area (Å²) in [7, 11) is 1.28. The minimum Gasteiger partial charge on any atom is -0.453 e. The number of cyclic esters (lactones) is 1. The van der Waals surface area contributed by atoms with Gasteiger partial charge in [-0.05, 0) is 43.0 Å². The molecule has 3 rings (SSSR count). The van der Waals surface area contributed by atoms with Gasteiger partial charge in [-0.1, -0.05) is 6.07 Å². The molecule has 1 saturated carbocycles. The van der Waals surface area contributed by atoms with Crippen LogP contribution in [0.1, 0.15) is 24.0 Å². The zero-order chi connectivity index (χ0) is 17.3. The Morgan fingerprint density at radius 2 is 2.29 bits per heavy atom. The summed E-state index contributed by atoms with van der Waals surface area (Å²) in [5.41, 5.74) is 2.41. The van der Waals surface area contributed by atoms with Gasteiger partial charge in [0.2, 0.25) is 0 Å². The average molecular weight is 329 g/mol. The second kappa shape index (κ2) is 6.04. The Labute approximate surface area is 140 Å². The topological polar surface area (TPSA) is 91.7 Å². The second-order valence-corrected chi connectivity index (χ2v) is 6.18. The van der Waals surface area contributed by atoms with E-state index in [1.54, 1.807) is 0 Å². The maximum Gasteiger partial charge on any atom is 0.414 e. The molecule has 7 heteroatoms. The normalized spacial score (nSPS) is 21.0. The van der Waals surface area contributed by atoms with Gasteiger partial charge in [0, 0.05) is 5.69 Å². The highest BCUT2D eigenvalue weighted by Gasteiger charge is 2.46. The Morgan fingerprint density at radius 3 is 2.88 bits per heavy atom. The molecule has 0 spiro atoms. The Morgan fingerprint density at radius 1 is 1.54 bits per heavy atom. The number of nitrogens with zero attached hydrogens (tertiary/aromatic N) is 2.